The Morgan fingerprint density at radius 3 is 2.77 bits per heavy atom. The maximum absolute atomic E-state index is 12.2. The van der Waals surface area contributed by atoms with Gasteiger partial charge in [-0.15, -0.1) is 0 Å². The summed E-state index contributed by atoms with van der Waals surface area (Å²) in [7, 11) is 1.62. The van der Waals surface area contributed by atoms with Gasteiger partial charge in [-0.1, -0.05) is 5.16 Å². The second-order valence-electron chi connectivity index (χ2n) is 7.54. The summed E-state index contributed by atoms with van der Waals surface area (Å²) in [5.74, 6) is 2.21. The van der Waals surface area contributed by atoms with Crippen LogP contribution in [0.3, 0.4) is 0 Å². The molecule has 1 fully saturated rings. The molecule has 0 atom stereocenters. The van der Waals surface area contributed by atoms with E-state index in [2.05, 4.69) is 20.4 Å². The lowest BCUT2D eigenvalue weighted by atomic mass is 10.2. The standard InChI is InChI=1S/C23H26N4O4/c1-29-18-8-6-17(7-9-18)23-26-21(31-27-23)11-10-20(28)25-15-16-12-13-24-22(14-16)30-19-4-2-3-5-19/h6-9,12-14,19H,2-5,10-11,15H2,1H3,(H,25,28). The van der Waals surface area contributed by atoms with Gasteiger partial charge in [0, 0.05) is 37.2 Å². The molecule has 162 valence electrons. The van der Waals surface area contributed by atoms with E-state index in [0.29, 0.717) is 30.6 Å². The van der Waals surface area contributed by atoms with Crippen molar-refractivity contribution >= 4 is 5.91 Å². The lowest BCUT2D eigenvalue weighted by Gasteiger charge is -2.12. The molecule has 1 amide bonds. The molecular formula is C23H26N4O4. The van der Waals surface area contributed by atoms with Gasteiger partial charge < -0.3 is 19.3 Å². The van der Waals surface area contributed by atoms with Crippen LogP contribution in [-0.4, -0.2) is 34.2 Å². The molecule has 4 rings (SSSR count). The number of aromatic nitrogens is 3. The summed E-state index contributed by atoms with van der Waals surface area (Å²) in [6.45, 7) is 0.420. The van der Waals surface area contributed by atoms with Gasteiger partial charge in [0.05, 0.1) is 7.11 Å². The number of aryl methyl sites for hydroxylation is 1. The number of hydrogen-bond acceptors (Lipinski definition) is 7. The molecule has 0 saturated heterocycles. The lowest BCUT2D eigenvalue weighted by Crippen LogP contribution is -2.23. The topological polar surface area (TPSA) is 99.4 Å². The highest BCUT2D eigenvalue weighted by Crippen LogP contribution is 2.23. The first-order chi connectivity index (χ1) is 15.2. The predicted octanol–water partition coefficient (Wildman–Crippen LogP) is 3.71. The minimum atomic E-state index is -0.0840. The third kappa shape index (κ3) is 5.81. The second-order valence-corrected chi connectivity index (χ2v) is 7.54. The molecule has 1 aromatic carbocycles. The molecule has 31 heavy (non-hydrogen) atoms. The van der Waals surface area contributed by atoms with Crippen molar-refractivity contribution < 1.29 is 18.8 Å². The Labute approximate surface area is 181 Å². The maximum Gasteiger partial charge on any atom is 0.227 e. The number of nitrogens with one attached hydrogen (secondary N) is 1. The Kier molecular flexibility index (Phi) is 6.76. The van der Waals surface area contributed by atoms with E-state index in [1.165, 1.54) is 12.8 Å². The lowest BCUT2D eigenvalue weighted by molar-refractivity contribution is -0.121. The van der Waals surface area contributed by atoms with E-state index < -0.39 is 0 Å². The van der Waals surface area contributed by atoms with Crippen molar-refractivity contribution in [1.29, 1.82) is 0 Å². The van der Waals surface area contributed by atoms with Crippen LogP contribution in [0.1, 0.15) is 43.6 Å². The Hall–Kier alpha value is -3.42. The summed E-state index contributed by atoms with van der Waals surface area (Å²) in [5, 5.41) is 6.90. The molecule has 3 aromatic rings. The largest absolute Gasteiger partial charge is 0.497 e. The molecule has 1 aliphatic carbocycles. The van der Waals surface area contributed by atoms with Crippen LogP contribution < -0.4 is 14.8 Å². The molecule has 1 aliphatic rings. The van der Waals surface area contributed by atoms with Crippen LogP contribution in [0.15, 0.2) is 47.1 Å². The summed E-state index contributed by atoms with van der Waals surface area (Å²) in [6, 6.07) is 11.2. The van der Waals surface area contributed by atoms with Gasteiger partial charge >= 0.3 is 0 Å². The number of nitrogens with zero attached hydrogens (tertiary/aromatic N) is 3. The van der Waals surface area contributed by atoms with Crippen molar-refractivity contribution in [3.8, 4) is 23.0 Å². The van der Waals surface area contributed by atoms with Crippen molar-refractivity contribution in [2.45, 2.75) is 51.2 Å². The average Bonchev–Trinajstić information content (AvgIpc) is 3.49. The molecule has 2 aromatic heterocycles. The van der Waals surface area contributed by atoms with E-state index >= 15 is 0 Å². The van der Waals surface area contributed by atoms with Gasteiger partial charge in [0.15, 0.2) is 0 Å². The quantitative estimate of drug-likeness (QED) is 0.561. The zero-order chi connectivity index (χ0) is 21.5. The van der Waals surface area contributed by atoms with Crippen LogP contribution in [0.5, 0.6) is 11.6 Å². The first kappa shape index (κ1) is 20.8. The number of carbonyl (C=O) groups is 1. The average molecular weight is 422 g/mol. The van der Waals surface area contributed by atoms with Crippen molar-refractivity contribution in [2.24, 2.45) is 0 Å². The highest BCUT2D eigenvalue weighted by atomic mass is 16.5. The fourth-order valence-electron chi connectivity index (χ4n) is 3.53. The Morgan fingerprint density at radius 2 is 2.00 bits per heavy atom. The molecule has 1 saturated carbocycles. The third-order valence-corrected chi connectivity index (χ3v) is 5.26. The number of hydrogen-bond donors (Lipinski definition) is 1. The minimum Gasteiger partial charge on any atom is -0.497 e. The van der Waals surface area contributed by atoms with Crippen molar-refractivity contribution in [1.82, 2.24) is 20.4 Å². The van der Waals surface area contributed by atoms with Crippen LogP contribution in [0, 0.1) is 0 Å². The zero-order valence-corrected chi connectivity index (χ0v) is 17.5. The smallest absolute Gasteiger partial charge is 0.227 e. The van der Waals surface area contributed by atoms with Crippen molar-refractivity contribution in [2.75, 3.05) is 7.11 Å². The van der Waals surface area contributed by atoms with Crippen LogP contribution in [0.4, 0.5) is 0 Å². The normalized spacial score (nSPS) is 13.8. The van der Waals surface area contributed by atoms with Crippen LogP contribution in [0.25, 0.3) is 11.4 Å². The zero-order valence-electron chi connectivity index (χ0n) is 17.5. The maximum atomic E-state index is 12.2. The van der Waals surface area contributed by atoms with Crippen molar-refractivity contribution in [3.05, 3.63) is 54.0 Å². The van der Waals surface area contributed by atoms with E-state index in [1.807, 2.05) is 36.4 Å². The van der Waals surface area contributed by atoms with Crippen LogP contribution in [-0.2, 0) is 17.8 Å². The molecule has 8 nitrogen and oxygen atoms in total. The predicted molar refractivity (Wildman–Crippen MR) is 114 cm³/mol. The monoisotopic (exact) mass is 422 g/mol. The van der Waals surface area contributed by atoms with Crippen LogP contribution >= 0.6 is 0 Å². The first-order valence-corrected chi connectivity index (χ1v) is 10.5. The number of benzene rings is 1. The Bertz CT molecular complexity index is 997. The summed E-state index contributed by atoms with van der Waals surface area (Å²) in [4.78, 5) is 20.9. The Balaban J connectivity index is 1.24. The summed E-state index contributed by atoms with van der Waals surface area (Å²) < 4.78 is 16.3. The minimum absolute atomic E-state index is 0.0840. The van der Waals surface area contributed by atoms with Gasteiger partial charge in [-0.3, -0.25) is 4.79 Å². The number of methoxy groups -OCH3 is 1. The number of rotatable bonds is 9. The SMILES string of the molecule is COc1ccc(-c2noc(CCC(=O)NCc3ccnc(OC4CCCC4)c3)n2)cc1. The molecule has 2 heterocycles. The van der Waals surface area contributed by atoms with E-state index in [4.69, 9.17) is 14.0 Å². The van der Waals surface area contributed by atoms with Gasteiger partial charge in [0.25, 0.3) is 0 Å². The number of ether oxygens (including phenoxy) is 2. The van der Waals surface area contributed by atoms with Gasteiger partial charge in [-0.2, -0.15) is 4.98 Å². The summed E-state index contributed by atoms with van der Waals surface area (Å²) in [6.07, 6.45) is 7.20. The Morgan fingerprint density at radius 1 is 1.19 bits per heavy atom. The molecule has 0 aliphatic heterocycles. The van der Waals surface area contributed by atoms with Crippen LogP contribution in [0.2, 0.25) is 0 Å². The molecule has 1 N–H and O–H groups in total. The van der Waals surface area contributed by atoms with E-state index in [9.17, 15) is 4.79 Å². The molecular weight excluding hydrogens is 396 g/mol. The third-order valence-electron chi connectivity index (χ3n) is 5.26. The highest BCUT2D eigenvalue weighted by Gasteiger charge is 2.17. The van der Waals surface area contributed by atoms with Gasteiger partial charge in [-0.25, -0.2) is 4.98 Å². The van der Waals surface area contributed by atoms with Gasteiger partial charge in [0.2, 0.25) is 23.5 Å². The van der Waals surface area contributed by atoms with E-state index in [1.54, 1.807) is 13.3 Å². The fraction of sp³-hybridized carbons (Fsp3) is 0.391. The van der Waals surface area contributed by atoms with Gasteiger partial charge in [-0.05, 0) is 61.6 Å². The summed E-state index contributed by atoms with van der Waals surface area (Å²) in [5.41, 5.74) is 1.78. The molecule has 0 radical (unpaired) electrons. The number of carbonyl (C=O) groups excluding carboxylic acids is 1. The highest BCUT2D eigenvalue weighted by molar-refractivity contribution is 5.76. The fourth-order valence-corrected chi connectivity index (χ4v) is 3.53. The van der Waals surface area contributed by atoms with E-state index in [0.717, 1.165) is 29.7 Å². The molecule has 8 heteroatoms. The number of amides is 1. The first-order valence-electron chi connectivity index (χ1n) is 10.5. The molecule has 0 unspecified atom stereocenters. The molecule has 0 spiro atoms. The van der Waals surface area contributed by atoms with Gasteiger partial charge in [0.1, 0.15) is 11.9 Å². The second kappa shape index (κ2) is 10.1. The van der Waals surface area contributed by atoms with Crippen molar-refractivity contribution in [3.63, 3.8) is 0 Å². The summed E-state index contributed by atoms with van der Waals surface area (Å²) >= 11 is 0. The number of pyridine rings is 1. The van der Waals surface area contributed by atoms with E-state index in [-0.39, 0.29) is 18.4 Å². The molecule has 0 bridgehead atoms.